The first-order chi connectivity index (χ1) is 12.5. The third-order valence-electron chi connectivity index (χ3n) is 5.07. The van der Waals surface area contributed by atoms with Crippen molar-refractivity contribution in [3.05, 3.63) is 51.5 Å². The van der Waals surface area contributed by atoms with Gasteiger partial charge in [-0.25, -0.2) is 0 Å². The number of allylic oxidation sites excluding steroid dienone is 3. The zero-order valence-electron chi connectivity index (χ0n) is 15.2. The Bertz CT molecular complexity index is 783. The molecule has 1 atom stereocenters. The lowest BCUT2D eigenvalue weighted by Gasteiger charge is -2.17. The van der Waals surface area contributed by atoms with E-state index in [2.05, 4.69) is 30.3 Å². The van der Waals surface area contributed by atoms with E-state index in [0.29, 0.717) is 41.4 Å². The molecule has 0 saturated carbocycles. The van der Waals surface area contributed by atoms with Crippen LogP contribution in [0.5, 0.6) is 11.5 Å². The highest BCUT2D eigenvalue weighted by Crippen LogP contribution is 2.39. The number of aromatic hydroxyl groups is 1. The van der Waals surface area contributed by atoms with Gasteiger partial charge in [0.05, 0.1) is 25.8 Å². The molecule has 0 radical (unpaired) electrons. The minimum absolute atomic E-state index is 0.0458. The van der Waals surface area contributed by atoms with Gasteiger partial charge in [-0.2, -0.15) is 4.91 Å². The predicted molar refractivity (Wildman–Crippen MR) is 99.4 cm³/mol. The Morgan fingerprint density at radius 1 is 1.38 bits per heavy atom. The summed E-state index contributed by atoms with van der Waals surface area (Å²) < 4.78 is 5.30. The van der Waals surface area contributed by atoms with Crippen LogP contribution in [0.2, 0.25) is 0 Å². The number of nitroso groups, excluding NO2 is 1. The summed E-state index contributed by atoms with van der Waals surface area (Å²) in [4.78, 5) is 24.9. The minimum Gasteiger partial charge on any atom is -0.507 e. The predicted octanol–water partition coefficient (Wildman–Crippen LogP) is 3.58. The van der Waals surface area contributed by atoms with Crippen molar-refractivity contribution in [1.29, 1.82) is 0 Å². The molecule has 1 heterocycles. The molecule has 6 nitrogen and oxygen atoms in total. The van der Waals surface area contributed by atoms with Crippen molar-refractivity contribution in [3.63, 3.8) is 0 Å². The lowest BCUT2D eigenvalue weighted by molar-refractivity contribution is 0.0780. The Morgan fingerprint density at radius 2 is 2.19 bits per heavy atom. The molecule has 26 heavy (non-hydrogen) atoms. The van der Waals surface area contributed by atoms with E-state index in [1.807, 2.05) is 0 Å². The summed E-state index contributed by atoms with van der Waals surface area (Å²) in [6, 6.07) is 1.67. The van der Waals surface area contributed by atoms with Gasteiger partial charge in [-0.15, -0.1) is 0 Å². The fraction of sp³-hybridized carbons (Fsp3) is 0.450. The van der Waals surface area contributed by atoms with E-state index in [4.69, 9.17) is 4.74 Å². The number of phenolic OH excluding ortho intramolecular Hbond substituents is 1. The molecule has 2 aliphatic rings. The number of methoxy groups -OCH3 is 1. The Labute approximate surface area is 153 Å². The fourth-order valence-corrected chi connectivity index (χ4v) is 3.50. The maximum Gasteiger partial charge on any atom is 0.254 e. The van der Waals surface area contributed by atoms with Crippen LogP contribution in [0.1, 0.15) is 41.3 Å². The molecule has 0 saturated heterocycles. The van der Waals surface area contributed by atoms with Crippen LogP contribution in [0.25, 0.3) is 0 Å². The van der Waals surface area contributed by atoms with Gasteiger partial charge in [0.15, 0.2) is 0 Å². The highest BCUT2D eigenvalue weighted by molar-refractivity contribution is 6.00. The SMILES string of the molecule is COc1cc2c(c(O)c1CCN=O)CN(CCC1=CCC(C)C=C1)C2=O. The summed E-state index contributed by atoms with van der Waals surface area (Å²) in [7, 11) is 1.49. The molecule has 0 aromatic heterocycles. The first-order valence-corrected chi connectivity index (χ1v) is 8.92. The Hall–Kier alpha value is -2.63. The van der Waals surface area contributed by atoms with Gasteiger partial charge in [0.1, 0.15) is 11.5 Å². The quantitative estimate of drug-likeness (QED) is 0.758. The first-order valence-electron chi connectivity index (χ1n) is 8.92. The summed E-state index contributed by atoms with van der Waals surface area (Å²) in [5, 5.41) is 13.5. The number of benzene rings is 1. The van der Waals surface area contributed by atoms with Gasteiger partial charge in [-0.3, -0.25) is 4.79 Å². The van der Waals surface area contributed by atoms with E-state index >= 15 is 0 Å². The minimum atomic E-state index is -0.0950. The molecule has 6 heteroatoms. The summed E-state index contributed by atoms with van der Waals surface area (Å²) in [6.07, 6.45) is 8.67. The molecule has 0 bridgehead atoms. The number of rotatable bonds is 7. The third-order valence-corrected chi connectivity index (χ3v) is 5.07. The molecular formula is C20H24N2O4. The number of nitrogens with zero attached hydrogens (tertiary/aromatic N) is 2. The van der Waals surface area contributed by atoms with Crippen molar-refractivity contribution in [2.24, 2.45) is 11.1 Å². The van der Waals surface area contributed by atoms with Gasteiger partial charge in [-0.1, -0.05) is 35.9 Å². The van der Waals surface area contributed by atoms with Crippen LogP contribution in [0.4, 0.5) is 0 Å². The zero-order chi connectivity index (χ0) is 18.7. The first kappa shape index (κ1) is 18.2. The molecule has 1 unspecified atom stereocenters. The molecule has 138 valence electrons. The number of carbonyl (C=O) groups excluding carboxylic acids is 1. The molecule has 0 fully saturated rings. The molecule has 1 aromatic carbocycles. The third kappa shape index (κ3) is 3.49. The van der Waals surface area contributed by atoms with Gasteiger partial charge in [0.2, 0.25) is 0 Å². The number of carbonyl (C=O) groups is 1. The van der Waals surface area contributed by atoms with Gasteiger partial charge < -0.3 is 14.7 Å². The molecule has 3 rings (SSSR count). The second-order valence-electron chi connectivity index (χ2n) is 6.86. The maximum absolute atomic E-state index is 12.7. The average molecular weight is 356 g/mol. The van der Waals surface area contributed by atoms with Gasteiger partial charge in [0, 0.05) is 24.1 Å². The van der Waals surface area contributed by atoms with Gasteiger partial charge in [-0.05, 0) is 24.8 Å². The largest absolute Gasteiger partial charge is 0.507 e. The number of amides is 1. The molecule has 1 aliphatic heterocycles. The lowest BCUT2D eigenvalue weighted by Crippen LogP contribution is -2.25. The van der Waals surface area contributed by atoms with Crippen LogP contribution in [0, 0.1) is 10.8 Å². The number of phenols is 1. The fourth-order valence-electron chi connectivity index (χ4n) is 3.50. The number of hydrogen-bond donors (Lipinski definition) is 1. The number of hydrogen-bond acceptors (Lipinski definition) is 5. The Morgan fingerprint density at radius 3 is 2.85 bits per heavy atom. The van der Waals surface area contributed by atoms with Crippen molar-refractivity contribution in [2.45, 2.75) is 32.7 Å². The van der Waals surface area contributed by atoms with E-state index in [1.165, 1.54) is 12.7 Å². The van der Waals surface area contributed by atoms with Crippen LogP contribution < -0.4 is 4.74 Å². The van der Waals surface area contributed by atoms with E-state index in [1.54, 1.807) is 11.0 Å². The van der Waals surface area contributed by atoms with E-state index < -0.39 is 0 Å². The van der Waals surface area contributed by atoms with Crippen molar-refractivity contribution >= 4 is 5.91 Å². The number of ether oxygens (including phenoxy) is 1. The normalized spacial score (nSPS) is 18.7. The van der Waals surface area contributed by atoms with Crippen molar-refractivity contribution < 1.29 is 14.6 Å². The van der Waals surface area contributed by atoms with Crippen LogP contribution in [0.15, 0.2) is 35.0 Å². The topological polar surface area (TPSA) is 79.2 Å². The Kier molecular flexibility index (Phi) is 5.40. The summed E-state index contributed by atoms with van der Waals surface area (Å²) in [5.41, 5.74) is 2.86. The second-order valence-corrected chi connectivity index (χ2v) is 6.86. The van der Waals surface area contributed by atoms with Crippen molar-refractivity contribution in [2.75, 3.05) is 20.2 Å². The monoisotopic (exact) mass is 356 g/mol. The molecule has 1 aromatic rings. The number of fused-ring (bicyclic) bond motifs is 1. The van der Waals surface area contributed by atoms with E-state index in [-0.39, 0.29) is 24.6 Å². The van der Waals surface area contributed by atoms with Crippen molar-refractivity contribution in [1.82, 2.24) is 4.90 Å². The smallest absolute Gasteiger partial charge is 0.254 e. The highest BCUT2D eigenvalue weighted by atomic mass is 16.5. The summed E-state index contributed by atoms with van der Waals surface area (Å²) >= 11 is 0. The van der Waals surface area contributed by atoms with Crippen molar-refractivity contribution in [3.8, 4) is 11.5 Å². The molecule has 1 aliphatic carbocycles. The second kappa shape index (κ2) is 7.72. The van der Waals surface area contributed by atoms with Crippen LogP contribution in [0.3, 0.4) is 0 Å². The molecular weight excluding hydrogens is 332 g/mol. The average Bonchev–Trinajstić information content (AvgIpc) is 2.96. The standard InChI is InChI=1S/C20H24N2O4/c1-13-3-5-14(6-4-13)8-10-22-12-17-16(20(22)24)11-18(26-2)15(19(17)23)7-9-21-25/h3,5-6,11,13,23H,4,7-10,12H2,1-2H3. The zero-order valence-corrected chi connectivity index (χ0v) is 15.2. The summed E-state index contributed by atoms with van der Waals surface area (Å²) in [6.45, 7) is 3.21. The van der Waals surface area contributed by atoms with E-state index in [9.17, 15) is 14.8 Å². The molecule has 0 spiro atoms. The molecule has 1 amide bonds. The lowest BCUT2D eigenvalue weighted by atomic mass is 9.97. The molecule has 1 N–H and O–H groups in total. The van der Waals surface area contributed by atoms with Gasteiger partial charge >= 0.3 is 0 Å². The Balaban J connectivity index is 1.77. The van der Waals surface area contributed by atoms with Crippen LogP contribution in [-0.2, 0) is 13.0 Å². The van der Waals surface area contributed by atoms with Crippen LogP contribution in [-0.4, -0.2) is 36.1 Å². The maximum atomic E-state index is 12.7. The van der Waals surface area contributed by atoms with E-state index in [0.717, 1.165) is 12.8 Å². The van der Waals surface area contributed by atoms with Crippen LogP contribution >= 0.6 is 0 Å². The highest BCUT2D eigenvalue weighted by Gasteiger charge is 2.32. The summed E-state index contributed by atoms with van der Waals surface area (Å²) in [5.74, 6) is 0.944. The van der Waals surface area contributed by atoms with Gasteiger partial charge in [0.25, 0.3) is 5.91 Å².